The van der Waals surface area contributed by atoms with Crippen molar-refractivity contribution in [2.24, 2.45) is 16.6 Å². The summed E-state index contributed by atoms with van der Waals surface area (Å²) >= 11 is 3.45. The average Bonchev–Trinajstić information content (AvgIpc) is 2.63. The summed E-state index contributed by atoms with van der Waals surface area (Å²) < 4.78 is 1.02. The second-order valence-corrected chi connectivity index (χ2v) is 6.40. The van der Waals surface area contributed by atoms with E-state index in [1.165, 1.54) is 5.56 Å². The van der Waals surface area contributed by atoms with Gasteiger partial charge >= 0.3 is 0 Å². The van der Waals surface area contributed by atoms with Gasteiger partial charge in [-0.2, -0.15) is 0 Å². The number of rotatable bonds is 9. The number of amidine groups is 1. The summed E-state index contributed by atoms with van der Waals surface area (Å²) in [7, 11) is 0. The molecule has 1 unspecified atom stereocenters. The van der Waals surface area contributed by atoms with Gasteiger partial charge < -0.3 is 5.73 Å². The molecule has 0 radical (unpaired) electrons. The van der Waals surface area contributed by atoms with E-state index in [1.54, 1.807) is 17.2 Å². The lowest BCUT2D eigenvalue weighted by Gasteiger charge is -2.19. The quantitative estimate of drug-likeness (QED) is 0.162. The highest BCUT2D eigenvalue weighted by Crippen LogP contribution is 2.15. The fourth-order valence-corrected chi connectivity index (χ4v) is 2.50. The van der Waals surface area contributed by atoms with Gasteiger partial charge in [0, 0.05) is 11.0 Å². The molecule has 1 aromatic rings. The van der Waals surface area contributed by atoms with Gasteiger partial charge in [-0.25, -0.2) is 5.84 Å². The molecule has 0 bridgehead atoms. The van der Waals surface area contributed by atoms with Crippen molar-refractivity contribution in [3.8, 4) is 0 Å². The highest BCUT2D eigenvalue weighted by Gasteiger charge is 2.07. The van der Waals surface area contributed by atoms with Crippen LogP contribution in [0.25, 0.3) is 0 Å². The van der Waals surface area contributed by atoms with Crippen LogP contribution in [-0.2, 0) is 6.42 Å². The number of hydrazine groups is 1. The number of aryl methyl sites for hydroxylation is 1. The molecule has 0 fully saturated rings. The number of hydrogen-bond acceptors (Lipinski definition) is 3. The van der Waals surface area contributed by atoms with Crippen molar-refractivity contribution in [1.82, 2.24) is 0 Å². The number of halogens is 1. The van der Waals surface area contributed by atoms with Crippen LogP contribution >= 0.6 is 15.9 Å². The summed E-state index contributed by atoms with van der Waals surface area (Å²) in [6, 6.07) is 8.04. The largest absolute Gasteiger partial charge is 0.328 e. The molecule has 0 aliphatic carbocycles. The first-order chi connectivity index (χ1) is 12.0. The molecule has 25 heavy (non-hydrogen) atoms. The van der Waals surface area contributed by atoms with Gasteiger partial charge in [-0.3, -0.25) is 10.0 Å². The van der Waals surface area contributed by atoms with Crippen molar-refractivity contribution in [3.05, 3.63) is 77.8 Å². The van der Waals surface area contributed by atoms with Crippen molar-refractivity contribution in [1.29, 1.82) is 0 Å². The van der Waals surface area contributed by atoms with Crippen LogP contribution in [-0.4, -0.2) is 18.4 Å². The summed E-state index contributed by atoms with van der Waals surface area (Å²) in [6.45, 7) is 9.66. The predicted octanol–water partition coefficient (Wildman–Crippen LogP) is 4.25. The third kappa shape index (κ3) is 7.65. The fourth-order valence-electron chi connectivity index (χ4n) is 2.13. The summed E-state index contributed by atoms with van der Waals surface area (Å²) in [5.41, 5.74) is 7.77. The zero-order valence-electron chi connectivity index (χ0n) is 14.7. The molecule has 1 aromatic carbocycles. The van der Waals surface area contributed by atoms with Gasteiger partial charge in [-0.15, -0.1) is 6.58 Å². The van der Waals surface area contributed by atoms with Crippen molar-refractivity contribution in [3.63, 3.8) is 0 Å². The highest BCUT2D eigenvalue weighted by molar-refractivity contribution is 9.11. The van der Waals surface area contributed by atoms with Gasteiger partial charge in [-0.1, -0.05) is 58.9 Å². The van der Waals surface area contributed by atoms with Crippen molar-refractivity contribution in [2.45, 2.75) is 25.8 Å². The smallest absolute Gasteiger partial charge is 0.115 e. The molecule has 0 spiro atoms. The molecule has 4 N–H and O–H groups in total. The molecular formula is C20H27BrN4. The molecular weight excluding hydrogens is 376 g/mol. The van der Waals surface area contributed by atoms with E-state index in [4.69, 9.17) is 11.6 Å². The fraction of sp³-hybridized carbons (Fsp3) is 0.250. The van der Waals surface area contributed by atoms with Crippen LogP contribution in [0.3, 0.4) is 0 Å². The summed E-state index contributed by atoms with van der Waals surface area (Å²) in [5, 5.41) is 1.56. The molecule has 1 atom stereocenters. The predicted molar refractivity (Wildman–Crippen MR) is 114 cm³/mol. The van der Waals surface area contributed by atoms with Crippen LogP contribution in [0.5, 0.6) is 0 Å². The molecule has 0 aromatic heterocycles. The minimum atomic E-state index is -0.119. The first-order valence-corrected chi connectivity index (χ1v) is 8.96. The molecule has 0 aliphatic heterocycles. The van der Waals surface area contributed by atoms with Gasteiger partial charge in [0.05, 0.1) is 11.7 Å². The molecule has 0 aliphatic rings. The van der Waals surface area contributed by atoms with Crippen molar-refractivity contribution in [2.75, 3.05) is 11.6 Å². The minimum absolute atomic E-state index is 0.119. The molecule has 4 nitrogen and oxygen atoms in total. The van der Waals surface area contributed by atoms with Crippen LogP contribution < -0.4 is 16.6 Å². The Morgan fingerprint density at radius 1 is 1.32 bits per heavy atom. The second-order valence-electron chi connectivity index (χ2n) is 5.48. The zero-order chi connectivity index (χ0) is 18.7. The van der Waals surface area contributed by atoms with Crippen LogP contribution in [0.2, 0.25) is 0 Å². The number of aliphatic imine (C=N–C) groups is 1. The molecule has 5 heteroatoms. The third-order valence-electron chi connectivity index (χ3n) is 3.58. The summed E-state index contributed by atoms with van der Waals surface area (Å²) in [5.74, 6) is 6.83. The standard InChI is InChI=1S/C20H27BrN4/c1-4-8-18(21)10-7-6-9-17-11-13-20(14-12-17)25(23)16(3)24-19(5-2)15-22/h4-5,7-8,10-14,19H,1-2,6,9,15,22-23H2,3H3/b10-7-,18-8+,24-16-. The SMILES string of the molecule is C=C/C=C(Br)\C=C/CCc1ccc(N(N)/C(C)=N\C(C=C)CN)cc1. The number of benzene rings is 1. The Kier molecular flexibility index (Phi) is 9.77. The Bertz CT molecular complexity index is 644. The van der Waals surface area contributed by atoms with Crippen molar-refractivity contribution < 1.29 is 0 Å². The van der Waals surface area contributed by atoms with Gasteiger partial charge in [0.1, 0.15) is 5.84 Å². The number of anilines is 1. The first kappa shape index (κ1) is 21.1. The lowest BCUT2D eigenvalue weighted by molar-refractivity contribution is 0.819. The van der Waals surface area contributed by atoms with Gasteiger partial charge in [0.25, 0.3) is 0 Å². The highest BCUT2D eigenvalue weighted by atomic mass is 79.9. The van der Waals surface area contributed by atoms with Crippen LogP contribution in [0.15, 0.2) is 77.3 Å². The maximum atomic E-state index is 6.13. The molecule has 0 amide bonds. The first-order valence-electron chi connectivity index (χ1n) is 8.17. The zero-order valence-corrected chi connectivity index (χ0v) is 16.3. The van der Waals surface area contributed by atoms with Gasteiger partial charge in [0.15, 0.2) is 0 Å². The monoisotopic (exact) mass is 402 g/mol. The number of allylic oxidation sites excluding steroid dienone is 5. The van der Waals surface area contributed by atoms with E-state index in [1.807, 2.05) is 31.2 Å². The molecule has 1 rings (SSSR count). The number of hydrogen-bond donors (Lipinski definition) is 2. The van der Waals surface area contributed by atoms with E-state index in [-0.39, 0.29) is 6.04 Å². The van der Waals surface area contributed by atoms with E-state index in [0.29, 0.717) is 12.4 Å². The van der Waals surface area contributed by atoms with Crippen LogP contribution in [0, 0.1) is 0 Å². The summed E-state index contributed by atoms with van der Waals surface area (Å²) in [6.07, 6.45) is 11.5. The molecule has 0 saturated heterocycles. The Balaban J connectivity index is 2.65. The van der Waals surface area contributed by atoms with E-state index in [9.17, 15) is 0 Å². The summed E-state index contributed by atoms with van der Waals surface area (Å²) in [4.78, 5) is 4.45. The van der Waals surface area contributed by atoms with Crippen molar-refractivity contribution >= 4 is 27.5 Å². The normalized spacial score (nSPS) is 13.8. The van der Waals surface area contributed by atoms with Crippen LogP contribution in [0.1, 0.15) is 18.9 Å². The maximum Gasteiger partial charge on any atom is 0.115 e. The van der Waals surface area contributed by atoms with E-state index in [2.05, 4.69) is 52.3 Å². The molecule has 134 valence electrons. The minimum Gasteiger partial charge on any atom is -0.328 e. The average molecular weight is 403 g/mol. The van der Waals surface area contributed by atoms with E-state index in [0.717, 1.165) is 23.0 Å². The Morgan fingerprint density at radius 3 is 2.56 bits per heavy atom. The Labute approximate surface area is 159 Å². The van der Waals surface area contributed by atoms with E-state index < -0.39 is 0 Å². The lowest BCUT2D eigenvalue weighted by Crippen LogP contribution is -2.37. The Hall–Kier alpha value is -1.95. The maximum absolute atomic E-state index is 6.13. The number of nitrogens with zero attached hydrogens (tertiary/aromatic N) is 2. The van der Waals surface area contributed by atoms with Crippen LogP contribution in [0.4, 0.5) is 5.69 Å². The van der Waals surface area contributed by atoms with Gasteiger partial charge in [-0.05, 0) is 43.5 Å². The second kappa shape index (κ2) is 11.6. The van der Waals surface area contributed by atoms with Gasteiger partial charge in [0.2, 0.25) is 0 Å². The Morgan fingerprint density at radius 2 is 2.00 bits per heavy atom. The third-order valence-corrected chi connectivity index (χ3v) is 4.11. The molecule has 0 saturated carbocycles. The topological polar surface area (TPSA) is 67.6 Å². The molecule has 0 heterocycles. The number of nitrogens with two attached hydrogens (primary N) is 2. The lowest BCUT2D eigenvalue weighted by atomic mass is 10.1. The van der Waals surface area contributed by atoms with E-state index >= 15 is 0 Å².